The van der Waals surface area contributed by atoms with Crippen molar-refractivity contribution in [1.82, 2.24) is 4.57 Å². The van der Waals surface area contributed by atoms with Crippen LogP contribution in [0.3, 0.4) is 0 Å². The van der Waals surface area contributed by atoms with E-state index in [2.05, 4.69) is 179 Å². The quantitative estimate of drug-likeness (QED) is 0.152. The largest absolute Gasteiger partial charge is 0.348 e. The van der Waals surface area contributed by atoms with Crippen LogP contribution in [-0.4, -0.2) is 17.8 Å². The molecule has 1 aromatic heterocycles. The Bertz CT molecular complexity index is 1810. The van der Waals surface area contributed by atoms with E-state index in [0.717, 1.165) is 31.8 Å². The lowest BCUT2D eigenvalue weighted by Gasteiger charge is -2.25. The number of hydrogen-bond donors (Lipinski definition) is 0. The molecule has 0 bridgehead atoms. The molecule has 2 aliphatic rings. The molecular formula is C43H49N2P. The van der Waals surface area contributed by atoms with Crippen molar-refractivity contribution in [3.05, 3.63) is 155 Å². The second kappa shape index (κ2) is 15.9. The van der Waals surface area contributed by atoms with E-state index in [1.807, 2.05) is 0 Å². The maximum absolute atomic E-state index is 2.45. The van der Waals surface area contributed by atoms with Gasteiger partial charge in [0, 0.05) is 29.5 Å². The maximum Gasteiger partial charge on any atom is 0.0537 e. The predicted molar refractivity (Wildman–Crippen MR) is 207 cm³/mol. The van der Waals surface area contributed by atoms with Gasteiger partial charge in [0.25, 0.3) is 0 Å². The SMILES string of the molecule is C/C=C(C)/C(C)=C(/C)N(C)c1ccc(P(CC/C=C\C=C/CC)C2=CC=C(n3c4c(c5ccccc53)CC=CC=C4)C=CC2)cc1. The number of nitrogens with zero attached hydrogens (tertiary/aromatic N) is 2. The van der Waals surface area contributed by atoms with Gasteiger partial charge >= 0.3 is 0 Å². The minimum absolute atomic E-state index is 0.496. The summed E-state index contributed by atoms with van der Waals surface area (Å²) in [5.41, 5.74) is 10.4. The number of allylic oxidation sites excluding steroid dienone is 17. The summed E-state index contributed by atoms with van der Waals surface area (Å²) in [6, 6.07) is 18.2. The summed E-state index contributed by atoms with van der Waals surface area (Å²) >= 11 is 0. The highest BCUT2D eigenvalue weighted by Gasteiger charge is 2.20. The number of hydrogen-bond acceptors (Lipinski definition) is 1. The van der Waals surface area contributed by atoms with Crippen LogP contribution in [0.4, 0.5) is 5.69 Å². The van der Waals surface area contributed by atoms with Gasteiger partial charge in [-0.3, -0.25) is 0 Å². The van der Waals surface area contributed by atoms with Gasteiger partial charge in [0.1, 0.15) is 0 Å². The Labute approximate surface area is 278 Å². The van der Waals surface area contributed by atoms with Gasteiger partial charge in [-0.25, -0.2) is 0 Å². The first-order valence-electron chi connectivity index (χ1n) is 16.7. The first-order chi connectivity index (χ1) is 22.4. The summed E-state index contributed by atoms with van der Waals surface area (Å²) < 4.78 is 2.45. The van der Waals surface area contributed by atoms with E-state index in [0.29, 0.717) is 0 Å². The monoisotopic (exact) mass is 624 g/mol. The first-order valence-corrected chi connectivity index (χ1v) is 18.2. The Kier molecular flexibility index (Phi) is 11.5. The Morgan fingerprint density at radius 1 is 0.891 bits per heavy atom. The van der Waals surface area contributed by atoms with Crippen molar-refractivity contribution in [2.45, 2.75) is 60.3 Å². The molecule has 0 aliphatic heterocycles. The van der Waals surface area contributed by atoms with Crippen molar-refractivity contribution >= 4 is 41.6 Å². The molecular weight excluding hydrogens is 575 g/mol. The van der Waals surface area contributed by atoms with Crippen LogP contribution in [-0.2, 0) is 6.42 Å². The summed E-state index contributed by atoms with van der Waals surface area (Å²) in [5.74, 6) is 0. The van der Waals surface area contributed by atoms with E-state index in [1.165, 1.54) is 61.0 Å². The van der Waals surface area contributed by atoms with Crippen LogP contribution in [0.2, 0.25) is 0 Å². The Morgan fingerprint density at radius 3 is 2.46 bits per heavy atom. The summed E-state index contributed by atoms with van der Waals surface area (Å²) in [6.45, 7) is 10.9. The Hall–Kier alpha value is -4.13. The van der Waals surface area contributed by atoms with Crippen molar-refractivity contribution in [3.8, 4) is 0 Å². The van der Waals surface area contributed by atoms with Crippen LogP contribution >= 0.6 is 7.92 Å². The molecule has 0 radical (unpaired) electrons. The van der Waals surface area contributed by atoms with Crippen molar-refractivity contribution in [2.75, 3.05) is 18.1 Å². The smallest absolute Gasteiger partial charge is 0.0537 e. The molecule has 0 amide bonds. The molecule has 0 spiro atoms. The number of fused-ring (bicyclic) bond motifs is 3. The molecule has 0 N–H and O–H groups in total. The fourth-order valence-electron chi connectivity index (χ4n) is 6.20. The average Bonchev–Trinajstić information content (AvgIpc) is 3.29. The van der Waals surface area contributed by atoms with Gasteiger partial charge in [0.15, 0.2) is 0 Å². The molecule has 2 aromatic carbocycles. The summed E-state index contributed by atoms with van der Waals surface area (Å²) in [5, 5.41) is 4.31. The van der Waals surface area contributed by atoms with Crippen LogP contribution in [0.25, 0.3) is 22.7 Å². The lowest BCUT2D eigenvalue weighted by molar-refractivity contribution is 1.05. The van der Waals surface area contributed by atoms with Gasteiger partial charge in [-0.1, -0.05) is 104 Å². The lowest BCUT2D eigenvalue weighted by Crippen LogP contribution is -2.17. The number of rotatable bonds is 11. The van der Waals surface area contributed by atoms with Gasteiger partial charge in [-0.15, -0.1) is 0 Å². The van der Waals surface area contributed by atoms with Crippen molar-refractivity contribution in [3.63, 3.8) is 0 Å². The van der Waals surface area contributed by atoms with Crippen LogP contribution < -0.4 is 10.2 Å². The topological polar surface area (TPSA) is 8.17 Å². The van der Waals surface area contributed by atoms with Gasteiger partial charge in [0.05, 0.1) is 11.2 Å². The molecule has 0 fully saturated rings. The highest BCUT2D eigenvalue weighted by atomic mass is 31.1. The minimum Gasteiger partial charge on any atom is -0.348 e. The van der Waals surface area contributed by atoms with E-state index in [1.54, 1.807) is 0 Å². The molecule has 2 aliphatic carbocycles. The zero-order chi connectivity index (χ0) is 32.5. The fourth-order valence-corrected chi connectivity index (χ4v) is 8.57. The van der Waals surface area contributed by atoms with Crippen LogP contribution in [0.5, 0.6) is 0 Å². The highest BCUT2D eigenvalue weighted by Crippen LogP contribution is 2.48. The van der Waals surface area contributed by atoms with Gasteiger partial charge < -0.3 is 9.47 Å². The molecule has 0 saturated heterocycles. The van der Waals surface area contributed by atoms with Crippen LogP contribution in [0.15, 0.2) is 144 Å². The summed E-state index contributed by atoms with van der Waals surface area (Å²) in [7, 11) is 1.68. The summed E-state index contributed by atoms with van der Waals surface area (Å²) in [4.78, 5) is 2.31. The molecule has 3 heteroatoms. The molecule has 46 heavy (non-hydrogen) atoms. The van der Waals surface area contributed by atoms with Crippen molar-refractivity contribution in [1.29, 1.82) is 0 Å². The van der Waals surface area contributed by atoms with Gasteiger partial charge in [0.2, 0.25) is 0 Å². The molecule has 1 unspecified atom stereocenters. The van der Waals surface area contributed by atoms with Crippen LogP contribution in [0, 0.1) is 0 Å². The number of benzene rings is 2. The number of anilines is 1. The standard InChI is InChI=1S/C43H49N2P/c1-7-9-10-11-12-18-32-46(39-29-26-36(27-30-39)44(6)35(5)34(4)33(3)8-2)38-21-19-20-37(28-31-38)45-42-24-15-13-14-22-40(42)41-23-16-17-25-43(41)45/h8-17,19-20,23-31H,7,18,21-22,32H2,1-6H3/b10-9-,12-11-,33-8+,35-34-. The van der Waals surface area contributed by atoms with E-state index < -0.39 is 7.92 Å². The normalized spacial score (nSPS) is 16.3. The third-order valence-electron chi connectivity index (χ3n) is 9.27. The van der Waals surface area contributed by atoms with E-state index in [4.69, 9.17) is 0 Å². The molecule has 1 heterocycles. The molecule has 3 aromatic rings. The Balaban J connectivity index is 1.50. The zero-order valence-electron chi connectivity index (χ0n) is 28.5. The van der Waals surface area contributed by atoms with E-state index in [9.17, 15) is 0 Å². The van der Waals surface area contributed by atoms with Gasteiger partial charge in [-0.2, -0.15) is 0 Å². The third-order valence-corrected chi connectivity index (χ3v) is 11.9. The van der Waals surface area contributed by atoms with E-state index in [-0.39, 0.29) is 0 Å². The minimum atomic E-state index is -0.496. The number of aromatic nitrogens is 1. The second-order valence-electron chi connectivity index (χ2n) is 12.0. The molecule has 5 rings (SSSR count). The molecule has 0 saturated carbocycles. The molecule has 2 nitrogen and oxygen atoms in total. The fraction of sp³-hybridized carbons (Fsp3) is 0.256. The second-order valence-corrected chi connectivity index (χ2v) is 14.4. The van der Waals surface area contributed by atoms with Crippen molar-refractivity contribution < 1.29 is 0 Å². The lowest BCUT2D eigenvalue weighted by atomic mass is 10.1. The molecule has 1 atom stereocenters. The average molecular weight is 625 g/mol. The predicted octanol–water partition coefficient (Wildman–Crippen LogP) is 11.9. The third kappa shape index (κ3) is 7.46. The molecule has 236 valence electrons. The number of para-hydroxylation sites is 1. The first kappa shape index (κ1) is 33.2. The zero-order valence-corrected chi connectivity index (χ0v) is 29.4. The van der Waals surface area contributed by atoms with Crippen molar-refractivity contribution in [2.24, 2.45) is 0 Å². The summed E-state index contributed by atoms with van der Waals surface area (Å²) in [6.07, 6.45) is 34.7. The van der Waals surface area contributed by atoms with Crippen LogP contribution in [0.1, 0.15) is 65.1 Å². The van der Waals surface area contributed by atoms with Gasteiger partial charge in [-0.05, 0) is 126 Å². The Morgan fingerprint density at radius 2 is 1.67 bits per heavy atom. The highest BCUT2D eigenvalue weighted by molar-refractivity contribution is 7.69. The van der Waals surface area contributed by atoms with E-state index >= 15 is 0 Å². The maximum atomic E-state index is 2.45.